The van der Waals surface area contributed by atoms with Crippen LogP contribution in [0.25, 0.3) is 0 Å². The highest BCUT2D eigenvalue weighted by atomic mass is 32.2. The third kappa shape index (κ3) is 4.81. The number of benzene rings is 2. The maximum atomic E-state index is 8.99. The van der Waals surface area contributed by atoms with Gasteiger partial charge in [-0.2, -0.15) is 0 Å². The predicted molar refractivity (Wildman–Crippen MR) is 87.9 cm³/mol. The summed E-state index contributed by atoms with van der Waals surface area (Å²) in [5.41, 5.74) is 8.77. The summed E-state index contributed by atoms with van der Waals surface area (Å²) in [6, 6.07) is 15.2. The van der Waals surface area contributed by atoms with Gasteiger partial charge in [0.1, 0.15) is 5.75 Å². The highest BCUT2D eigenvalue weighted by molar-refractivity contribution is 8.13. The highest BCUT2D eigenvalue weighted by Crippen LogP contribution is 2.20. The van der Waals surface area contributed by atoms with Crippen molar-refractivity contribution >= 4 is 22.6 Å². The van der Waals surface area contributed by atoms with Gasteiger partial charge >= 0.3 is 0 Å². The zero-order valence-corrected chi connectivity index (χ0v) is 12.6. The van der Waals surface area contributed by atoms with E-state index in [2.05, 4.69) is 4.99 Å². The molecule has 0 fully saturated rings. The number of rotatable bonds is 5. The van der Waals surface area contributed by atoms with Crippen LogP contribution in [0.2, 0.25) is 0 Å². The summed E-state index contributed by atoms with van der Waals surface area (Å²) in [7, 11) is 1.63. The van der Waals surface area contributed by atoms with Gasteiger partial charge in [-0.25, -0.2) is 4.99 Å². The SMILES string of the molecule is COc1ccc(N=C(N)SCc2ccc(CO)cc2)cc1. The smallest absolute Gasteiger partial charge is 0.159 e. The quantitative estimate of drug-likeness (QED) is 0.658. The number of amidine groups is 1. The van der Waals surface area contributed by atoms with Gasteiger partial charge in [-0.3, -0.25) is 0 Å². The summed E-state index contributed by atoms with van der Waals surface area (Å²) in [6.45, 7) is 0.0640. The number of nitrogens with zero attached hydrogens (tertiary/aromatic N) is 1. The second-order valence-electron chi connectivity index (χ2n) is 4.41. The first-order valence-electron chi connectivity index (χ1n) is 6.51. The van der Waals surface area contributed by atoms with Gasteiger partial charge in [-0.05, 0) is 35.4 Å². The van der Waals surface area contributed by atoms with Gasteiger partial charge in [0.05, 0.1) is 19.4 Å². The molecule has 0 saturated heterocycles. The molecule has 0 unspecified atom stereocenters. The monoisotopic (exact) mass is 302 g/mol. The van der Waals surface area contributed by atoms with Crippen LogP contribution in [0, 0.1) is 0 Å². The Morgan fingerprint density at radius 1 is 1.10 bits per heavy atom. The number of hydrogen-bond donors (Lipinski definition) is 2. The number of hydrogen-bond acceptors (Lipinski definition) is 4. The Bertz CT molecular complexity index is 595. The van der Waals surface area contributed by atoms with Gasteiger partial charge in [-0.15, -0.1) is 0 Å². The summed E-state index contributed by atoms with van der Waals surface area (Å²) < 4.78 is 5.10. The topological polar surface area (TPSA) is 67.8 Å². The lowest BCUT2D eigenvalue weighted by Crippen LogP contribution is -2.06. The van der Waals surface area contributed by atoms with Crippen LogP contribution < -0.4 is 10.5 Å². The molecular weight excluding hydrogens is 284 g/mol. The maximum absolute atomic E-state index is 8.99. The van der Waals surface area contributed by atoms with E-state index in [1.807, 2.05) is 48.5 Å². The number of aliphatic imine (C=N–C) groups is 1. The summed E-state index contributed by atoms with van der Waals surface area (Å²) in [6.07, 6.45) is 0. The Kier molecular flexibility index (Phi) is 5.66. The Labute approximate surface area is 128 Å². The summed E-state index contributed by atoms with van der Waals surface area (Å²) in [5, 5.41) is 9.51. The fraction of sp³-hybridized carbons (Fsp3) is 0.188. The first kappa shape index (κ1) is 15.4. The Morgan fingerprint density at radius 2 is 1.71 bits per heavy atom. The average molecular weight is 302 g/mol. The molecule has 0 saturated carbocycles. The molecule has 0 spiro atoms. The molecule has 21 heavy (non-hydrogen) atoms. The summed E-state index contributed by atoms with van der Waals surface area (Å²) >= 11 is 1.48. The van der Waals surface area contributed by atoms with Crippen molar-refractivity contribution in [1.29, 1.82) is 0 Å². The van der Waals surface area contributed by atoms with Gasteiger partial charge in [0.25, 0.3) is 0 Å². The van der Waals surface area contributed by atoms with Gasteiger partial charge in [-0.1, -0.05) is 36.0 Å². The molecule has 110 valence electrons. The lowest BCUT2D eigenvalue weighted by Gasteiger charge is -2.03. The molecule has 0 radical (unpaired) electrons. The van der Waals surface area contributed by atoms with Crippen molar-refractivity contribution < 1.29 is 9.84 Å². The predicted octanol–water partition coefficient (Wildman–Crippen LogP) is 3.07. The molecule has 0 aromatic heterocycles. The molecule has 0 bridgehead atoms. The standard InChI is InChI=1S/C16H18N2O2S/c1-20-15-8-6-14(7-9-15)18-16(17)21-11-13-4-2-12(10-19)3-5-13/h2-9,19H,10-11H2,1H3,(H2,17,18). The molecule has 0 atom stereocenters. The lowest BCUT2D eigenvalue weighted by atomic mass is 10.2. The molecule has 0 aliphatic heterocycles. The number of ether oxygens (including phenoxy) is 1. The summed E-state index contributed by atoms with van der Waals surface area (Å²) in [5.74, 6) is 1.54. The fourth-order valence-electron chi connectivity index (χ4n) is 1.71. The van der Waals surface area contributed by atoms with Crippen LogP contribution in [0.15, 0.2) is 53.5 Å². The summed E-state index contributed by atoms with van der Waals surface area (Å²) in [4.78, 5) is 4.35. The van der Waals surface area contributed by atoms with Crippen LogP contribution in [0.5, 0.6) is 5.75 Å². The van der Waals surface area contributed by atoms with E-state index in [4.69, 9.17) is 15.6 Å². The minimum absolute atomic E-state index is 0.0640. The number of aliphatic hydroxyl groups excluding tert-OH is 1. The maximum Gasteiger partial charge on any atom is 0.159 e. The average Bonchev–Trinajstić information content (AvgIpc) is 2.54. The second-order valence-corrected chi connectivity index (χ2v) is 5.41. The Hall–Kier alpha value is -1.98. The molecule has 4 nitrogen and oxygen atoms in total. The van der Waals surface area contributed by atoms with Crippen molar-refractivity contribution in [2.75, 3.05) is 7.11 Å². The molecule has 2 aromatic carbocycles. The molecular formula is C16H18N2O2S. The van der Waals surface area contributed by atoms with E-state index in [0.29, 0.717) is 5.17 Å². The highest BCUT2D eigenvalue weighted by Gasteiger charge is 1.99. The molecule has 5 heteroatoms. The van der Waals surface area contributed by atoms with Crippen molar-refractivity contribution in [3.63, 3.8) is 0 Å². The number of aliphatic hydroxyl groups is 1. The van der Waals surface area contributed by atoms with Crippen molar-refractivity contribution in [1.82, 2.24) is 0 Å². The number of nitrogens with two attached hydrogens (primary N) is 1. The second kappa shape index (κ2) is 7.71. The van der Waals surface area contributed by atoms with E-state index in [-0.39, 0.29) is 6.61 Å². The zero-order valence-electron chi connectivity index (χ0n) is 11.8. The first-order valence-corrected chi connectivity index (χ1v) is 7.49. The van der Waals surface area contributed by atoms with Gasteiger partial charge in [0.2, 0.25) is 0 Å². The largest absolute Gasteiger partial charge is 0.497 e. The van der Waals surface area contributed by atoms with Crippen LogP contribution in [0.1, 0.15) is 11.1 Å². The third-order valence-electron chi connectivity index (χ3n) is 2.90. The van der Waals surface area contributed by atoms with E-state index in [9.17, 15) is 0 Å². The molecule has 3 N–H and O–H groups in total. The van der Waals surface area contributed by atoms with Crippen LogP contribution >= 0.6 is 11.8 Å². The molecule has 2 rings (SSSR count). The first-order chi connectivity index (χ1) is 10.2. The Balaban J connectivity index is 1.93. The zero-order chi connectivity index (χ0) is 15.1. The molecule has 0 heterocycles. The molecule has 0 aliphatic carbocycles. The number of thioether (sulfide) groups is 1. The van der Waals surface area contributed by atoms with Gasteiger partial charge in [0.15, 0.2) is 5.17 Å². The van der Waals surface area contributed by atoms with Crippen LogP contribution in [-0.2, 0) is 12.4 Å². The number of methoxy groups -OCH3 is 1. The molecule has 2 aromatic rings. The minimum atomic E-state index is 0.0640. The lowest BCUT2D eigenvalue weighted by molar-refractivity contribution is 0.282. The van der Waals surface area contributed by atoms with Crippen LogP contribution in [0.3, 0.4) is 0 Å². The third-order valence-corrected chi connectivity index (χ3v) is 3.77. The van der Waals surface area contributed by atoms with E-state index in [0.717, 1.165) is 28.3 Å². The normalized spacial score (nSPS) is 11.4. The van der Waals surface area contributed by atoms with Crippen molar-refractivity contribution in [2.24, 2.45) is 10.7 Å². The van der Waals surface area contributed by atoms with E-state index >= 15 is 0 Å². The van der Waals surface area contributed by atoms with E-state index in [1.54, 1.807) is 7.11 Å². The van der Waals surface area contributed by atoms with E-state index in [1.165, 1.54) is 11.8 Å². The Morgan fingerprint density at radius 3 is 2.29 bits per heavy atom. The van der Waals surface area contributed by atoms with Crippen LogP contribution in [-0.4, -0.2) is 17.4 Å². The molecule has 0 aliphatic rings. The van der Waals surface area contributed by atoms with E-state index < -0.39 is 0 Å². The van der Waals surface area contributed by atoms with Gasteiger partial charge < -0.3 is 15.6 Å². The van der Waals surface area contributed by atoms with Crippen molar-refractivity contribution in [3.05, 3.63) is 59.7 Å². The molecule has 0 amide bonds. The van der Waals surface area contributed by atoms with Crippen LogP contribution in [0.4, 0.5) is 5.69 Å². The minimum Gasteiger partial charge on any atom is -0.497 e. The van der Waals surface area contributed by atoms with Crippen molar-refractivity contribution in [2.45, 2.75) is 12.4 Å². The fourth-order valence-corrected chi connectivity index (χ4v) is 2.39. The van der Waals surface area contributed by atoms with Gasteiger partial charge in [0, 0.05) is 5.75 Å². The van der Waals surface area contributed by atoms with Crippen molar-refractivity contribution in [3.8, 4) is 5.75 Å².